The Kier molecular flexibility index (Phi) is 6.19. The van der Waals surface area contributed by atoms with E-state index in [1.165, 1.54) is 11.3 Å². The first kappa shape index (κ1) is 14.7. The Morgan fingerprint density at radius 1 is 1.29 bits per heavy atom. The first-order valence-corrected chi connectivity index (χ1v) is 7.74. The largest absolute Gasteiger partial charge is 0.384 e. The molecule has 2 nitrogen and oxygen atoms in total. The van der Waals surface area contributed by atoms with Crippen LogP contribution in [0.3, 0.4) is 0 Å². The summed E-state index contributed by atoms with van der Waals surface area (Å²) >= 11 is 7.28. The zero-order valence-electron chi connectivity index (χ0n) is 9.96. The molecule has 0 aliphatic heterocycles. The van der Waals surface area contributed by atoms with Gasteiger partial charge in [-0.2, -0.15) is 11.3 Å². The number of nitrogens with zero attached hydrogens (tertiary/aromatic N) is 1. The van der Waals surface area contributed by atoms with E-state index in [1.54, 1.807) is 11.3 Å². The fourth-order valence-corrected chi connectivity index (χ4v) is 2.68. The average molecular weight is 287 g/mol. The molecule has 0 unspecified atom stereocenters. The van der Waals surface area contributed by atoms with Gasteiger partial charge in [0.2, 0.25) is 0 Å². The van der Waals surface area contributed by atoms with Gasteiger partial charge in [-0.3, -0.25) is 0 Å². The van der Waals surface area contributed by atoms with E-state index in [0.29, 0.717) is 17.2 Å². The lowest BCUT2D eigenvalue weighted by Crippen LogP contribution is -2.23. The number of rotatable bonds is 3. The Labute approximate surface area is 116 Å². The molecule has 2 aromatic rings. The van der Waals surface area contributed by atoms with Gasteiger partial charge in [0.05, 0.1) is 5.69 Å². The predicted molar refractivity (Wildman–Crippen MR) is 78.2 cm³/mol. The molecule has 17 heavy (non-hydrogen) atoms. The molecule has 5 heteroatoms. The van der Waals surface area contributed by atoms with Gasteiger partial charge in [-0.1, -0.05) is 26.0 Å². The van der Waals surface area contributed by atoms with Crippen LogP contribution in [0.2, 0.25) is 0 Å². The number of hydrogen-bond donors (Lipinski definition) is 2. The Bertz CT molecular complexity index is 390. The predicted octanol–water partition coefficient (Wildman–Crippen LogP) is 4.19. The van der Waals surface area contributed by atoms with Crippen LogP contribution in [0.5, 0.6) is 0 Å². The van der Waals surface area contributed by atoms with Crippen LogP contribution >= 0.6 is 35.3 Å². The zero-order chi connectivity index (χ0) is 12.7. The van der Waals surface area contributed by atoms with Crippen LogP contribution in [-0.2, 0) is 5.60 Å². The molecule has 0 aromatic carbocycles. The summed E-state index contributed by atoms with van der Waals surface area (Å²) in [7, 11) is 0. The van der Waals surface area contributed by atoms with Crippen LogP contribution < -0.4 is 0 Å². The van der Waals surface area contributed by atoms with E-state index >= 15 is 0 Å². The molecule has 0 saturated carbocycles. The van der Waals surface area contributed by atoms with Crippen molar-refractivity contribution in [2.75, 3.05) is 0 Å². The number of aromatic nitrogens is 1. The topological polar surface area (TPSA) is 33.1 Å². The second-order valence-electron chi connectivity index (χ2n) is 3.55. The van der Waals surface area contributed by atoms with Crippen LogP contribution in [0.25, 0.3) is 0 Å². The van der Waals surface area contributed by atoms with Gasteiger partial charge < -0.3 is 5.11 Å². The highest BCUT2D eigenvalue weighted by atomic mass is 32.2. The average Bonchev–Trinajstić information content (AvgIpc) is 3.01. The van der Waals surface area contributed by atoms with Gasteiger partial charge in [0, 0.05) is 5.38 Å². The van der Waals surface area contributed by atoms with E-state index in [0.717, 1.165) is 5.69 Å². The third-order valence-electron chi connectivity index (χ3n) is 2.56. The van der Waals surface area contributed by atoms with Crippen molar-refractivity contribution in [3.63, 3.8) is 0 Å². The lowest BCUT2D eigenvalue weighted by Gasteiger charge is -2.22. The third-order valence-corrected chi connectivity index (χ3v) is 4.25. The molecule has 0 saturated heterocycles. The first-order valence-electron chi connectivity index (χ1n) is 5.47. The summed E-state index contributed by atoms with van der Waals surface area (Å²) in [6, 6.07) is 4.04. The van der Waals surface area contributed by atoms with Crippen molar-refractivity contribution >= 4 is 35.3 Å². The maximum Gasteiger partial charge on any atom is 0.147 e. The summed E-state index contributed by atoms with van der Waals surface area (Å²) in [6.07, 6.45) is 1.39. The molecular weight excluding hydrogens is 270 g/mol. The van der Waals surface area contributed by atoms with Crippen molar-refractivity contribution in [3.05, 3.63) is 34.0 Å². The molecule has 94 valence electrons. The molecular formula is C12H17NOS3. The van der Waals surface area contributed by atoms with Gasteiger partial charge in [0.15, 0.2) is 0 Å². The smallest absolute Gasteiger partial charge is 0.147 e. The van der Waals surface area contributed by atoms with E-state index in [2.05, 4.69) is 17.6 Å². The molecule has 0 bridgehead atoms. The molecule has 1 N–H and O–H groups in total. The van der Waals surface area contributed by atoms with E-state index in [-0.39, 0.29) is 0 Å². The lowest BCUT2D eigenvalue weighted by molar-refractivity contribution is 0.0242. The standard InChI is InChI=1S/C8H13NOS2.C4H4S/c1-3-8(10,4-2)6-5-12-7(11)9-6;1-2-4-5-3-1/h5,10H,3-4H2,1-2H3,(H,9,11);1-4H. The fourth-order valence-electron chi connectivity index (χ4n) is 1.32. The highest BCUT2D eigenvalue weighted by molar-refractivity contribution is 7.82. The lowest BCUT2D eigenvalue weighted by atomic mass is 9.94. The SMILES string of the molecule is CCC(O)(CC)c1csc(S)n1.c1ccsc1. The molecule has 2 aromatic heterocycles. The quantitative estimate of drug-likeness (QED) is 0.830. The summed E-state index contributed by atoms with van der Waals surface area (Å²) < 4.78 is 0.713. The second kappa shape index (κ2) is 7.16. The van der Waals surface area contributed by atoms with E-state index < -0.39 is 5.60 Å². The minimum absolute atomic E-state index is 0.695. The van der Waals surface area contributed by atoms with Crippen molar-refractivity contribution in [1.29, 1.82) is 0 Å². The van der Waals surface area contributed by atoms with Gasteiger partial charge in [-0.25, -0.2) is 4.98 Å². The van der Waals surface area contributed by atoms with Crippen LogP contribution in [0.4, 0.5) is 0 Å². The third kappa shape index (κ3) is 4.43. The van der Waals surface area contributed by atoms with Crippen LogP contribution in [0.1, 0.15) is 32.4 Å². The molecule has 0 amide bonds. The van der Waals surface area contributed by atoms with Crippen molar-refractivity contribution < 1.29 is 5.11 Å². The molecule has 2 heterocycles. The van der Waals surface area contributed by atoms with Gasteiger partial charge >= 0.3 is 0 Å². The number of hydrogen-bond acceptors (Lipinski definition) is 5. The number of aliphatic hydroxyl groups is 1. The van der Waals surface area contributed by atoms with Crippen LogP contribution in [-0.4, -0.2) is 10.1 Å². The summed E-state index contributed by atoms with van der Waals surface area (Å²) in [5.74, 6) is 0. The van der Waals surface area contributed by atoms with Crippen molar-refractivity contribution in [1.82, 2.24) is 4.98 Å². The summed E-state index contributed by atoms with van der Waals surface area (Å²) in [5.41, 5.74) is -0.000185. The maximum absolute atomic E-state index is 10.0. The van der Waals surface area contributed by atoms with Gasteiger partial charge in [0.1, 0.15) is 9.94 Å². The summed E-state index contributed by atoms with van der Waals surface area (Å²) in [5, 5.41) is 16.0. The Balaban J connectivity index is 0.000000239. The molecule has 0 radical (unpaired) electrons. The van der Waals surface area contributed by atoms with E-state index in [9.17, 15) is 5.11 Å². The second-order valence-corrected chi connectivity index (χ2v) is 5.95. The fraction of sp³-hybridized carbons (Fsp3) is 0.417. The molecule has 0 aliphatic rings. The molecule has 0 fully saturated rings. The monoisotopic (exact) mass is 287 g/mol. The molecule has 0 atom stereocenters. The molecule has 0 aliphatic carbocycles. The van der Waals surface area contributed by atoms with Crippen molar-refractivity contribution in [2.24, 2.45) is 0 Å². The molecule has 0 spiro atoms. The van der Waals surface area contributed by atoms with Crippen molar-refractivity contribution in [3.8, 4) is 0 Å². The highest BCUT2D eigenvalue weighted by Gasteiger charge is 2.27. The number of thiazole rings is 1. The summed E-state index contributed by atoms with van der Waals surface area (Å²) in [4.78, 5) is 4.16. The molecule has 2 rings (SSSR count). The normalized spacial score (nSPS) is 10.8. The minimum atomic E-state index is -0.752. The Morgan fingerprint density at radius 2 is 1.88 bits per heavy atom. The number of thiol groups is 1. The van der Waals surface area contributed by atoms with Gasteiger partial charge in [-0.05, 0) is 23.6 Å². The van der Waals surface area contributed by atoms with Crippen molar-refractivity contribution in [2.45, 2.75) is 36.6 Å². The zero-order valence-corrected chi connectivity index (χ0v) is 12.5. The van der Waals surface area contributed by atoms with Crippen LogP contribution in [0, 0.1) is 0 Å². The van der Waals surface area contributed by atoms with Gasteiger partial charge in [-0.15, -0.1) is 24.0 Å². The minimum Gasteiger partial charge on any atom is -0.384 e. The van der Waals surface area contributed by atoms with Gasteiger partial charge in [0.25, 0.3) is 0 Å². The highest BCUT2D eigenvalue weighted by Crippen LogP contribution is 2.29. The van der Waals surface area contributed by atoms with Crippen LogP contribution in [0.15, 0.2) is 32.6 Å². The summed E-state index contributed by atoms with van der Waals surface area (Å²) in [6.45, 7) is 3.92. The Morgan fingerprint density at radius 3 is 2.18 bits per heavy atom. The number of thiophene rings is 1. The first-order chi connectivity index (χ1) is 8.12. The van der Waals surface area contributed by atoms with E-state index in [4.69, 9.17) is 0 Å². The Hall–Kier alpha value is -0.360. The maximum atomic E-state index is 10.0. The van der Waals surface area contributed by atoms with E-state index in [1.807, 2.05) is 42.1 Å².